The first-order valence-corrected chi connectivity index (χ1v) is 14.7. The Hall–Kier alpha value is -5.87. The maximum Gasteiger partial charge on any atom is 0.271 e. The van der Waals surface area contributed by atoms with Crippen LogP contribution >= 0.6 is 0 Å². The fourth-order valence-electron chi connectivity index (χ4n) is 4.41. The zero-order valence-corrected chi connectivity index (χ0v) is 25.4. The van der Waals surface area contributed by atoms with Crippen LogP contribution in [0.1, 0.15) is 41.9 Å². The van der Waals surface area contributed by atoms with Gasteiger partial charge in [0.05, 0.1) is 12.5 Å². The van der Waals surface area contributed by atoms with Crippen molar-refractivity contribution in [3.8, 4) is 0 Å². The number of primary amides is 1. The van der Waals surface area contributed by atoms with Gasteiger partial charge in [-0.15, -0.1) is 6.58 Å². The van der Waals surface area contributed by atoms with Crippen molar-refractivity contribution in [2.75, 3.05) is 13.1 Å². The summed E-state index contributed by atoms with van der Waals surface area (Å²) >= 11 is 0. The molecule has 17 nitrogen and oxygen atoms in total. The molecule has 1 aliphatic rings. The average molecular weight is 652 g/mol. The third-order valence-electron chi connectivity index (χ3n) is 6.82. The van der Waals surface area contributed by atoms with Gasteiger partial charge < -0.3 is 42.1 Å². The molecule has 0 spiro atoms. The van der Waals surface area contributed by atoms with Gasteiger partial charge in [-0.1, -0.05) is 6.08 Å². The number of amides is 7. The lowest BCUT2D eigenvalue weighted by Gasteiger charge is -2.25. The zero-order chi connectivity index (χ0) is 34.2. The molecule has 0 saturated carbocycles. The highest BCUT2D eigenvalue weighted by molar-refractivity contribution is 6.00. The standard InChI is InChI=1S/C30H37N9O8/c1-2-5-20-29(45)39-22(16-18-6-4-15-47-18)30(46)38-21(7-3-11-34-28(44)23-17-32-13-14-33-23)27(43)35-12-10-19(26(31)42)36-24(40)8-9-25(41)37-20/h2,4,6,8-9,13-15,17,19-22H,1,3,5,7,10-12,16H2,(H2,31,42)(H,34,44)(H,35,43)(H,36,40)(H,37,41)(H,38,46)(H,39,45)/b9-8-/t19-,20-,21-,22-/m0/s1. The first kappa shape index (κ1) is 35.6. The molecule has 4 atom stereocenters. The minimum Gasteiger partial charge on any atom is -0.469 e. The van der Waals surface area contributed by atoms with Crippen LogP contribution < -0.4 is 37.6 Å². The van der Waals surface area contributed by atoms with Crippen molar-refractivity contribution < 1.29 is 38.0 Å². The van der Waals surface area contributed by atoms with E-state index in [-0.39, 0.29) is 50.9 Å². The summed E-state index contributed by atoms with van der Waals surface area (Å²) in [7, 11) is 0. The van der Waals surface area contributed by atoms with Crippen LogP contribution in [0.3, 0.4) is 0 Å². The molecule has 0 aliphatic carbocycles. The summed E-state index contributed by atoms with van der Waals surface area (Å²) in [5.41, 5.74) is 5.51. The molecule has 250 valence electrons. The van der Waals surface area contributed by atoms with Crippen LogP contribution in [0.5, 0.6) is 0 Å². The maximum atomic E-state index is 13.6. The third kappa shape index (κ3) is 11.9. The second kappa shape index (κ2) is 18.2. The maximum absolute atomic E-state index is 13.6. The number of rotatable bonds is 10. The second-order valence-electron chi connectivity index (χ2n) is 10.4. The van der Waals surface area contributed by atoms with Gasteiger partial charge in [-0.3, -0.25) is 38.5 Å². The molecule has 17 heteroatoms. The average Bonchev–Trinajstić information content (AvgIpc) is 3.57. The van der Waals surface area contributed by atoms with Crippen LogP contribution in [0.2, 0.25) is 0 Å². The normalized spacial score (nSPS) is 22.2. The van der Waals surface area contributed by atoms with Crippen molar-refractivity contribution in [3.05, 3.63) is 73.2 Å². The number of nitrogens with one attached hydrogen (secondary N) is 6. The van der Waals surface area contributed by atoms with Crippen molar-refractivity contribution in [1.29, 1.82) is 0 Å². The Morgan fingerprint density at radius 3 is 2.36 bits per heavy atom. The Kier molecular flexibility index (Phi) is 13.8. The monoisotopic (exact) mass is 651 g/mol. The predicted octanol–water partition coefficient (Wildman–Crippen LogP) is -2.10. The van der Waals surface area contributed by atoms with E-state index in [4.69, 9.17) is 10.2 Å². The minimum atomic E-state index is -1.25. The zero-order valence-electron chi connectivity index (χ0n) is 25.4. The summed E-state index contributed by atoms with van der Waals surface area (Å²) in [4.78, 5) is 97.2. The number of hydrogen-bond acceptors (Lipinski definition) is 10. The molecule has 8 N–H and O–H groups in total. The van der Waals surface area contributed by atoms with E-state index in [1.165, 1.54) is 30.9 Å². The number of carbonyl (C=O) groups excluding carboxylic acids is 7. The smallest absolute Gasteiger partial charge is 0.271 e. The molecular weight excluding hydrogens is 614 g/mol. The topological polar surface area (TPSA) is 257 Å². The van der Waals surface area contributed by atoms with E-state index in [2.05, 4.69) is 48.4 Å². The number of aromatic nitrogens is 2. The van der Waals surface area contributed by atoms with Gasteiger partial charge >= 0.3 is 0 Å². The Morgan fingerprint density at radius 2 is 1.70 bits per heavy atom. The number of carbonyl (C=O) groups is 7. The van der Waals surface area contributed by atoms with Gasteiger partial charge in [-0.25, -0.2) is 4.98 Å². The fraction of sp³-hybridized carbons (Fsp3) is 0.367. The van der Waals surface area contributed by atoms with Gasteiger partial charge in [0.15, 0.2) is 0 Å². The van der Waals surface area contributed by atoms with Gasteiger partial charge in [0.1, 0.15) is 35.6 Å². The summed E-state index contributed by atoms with van der Waals surface area (Å²) in [6.07, 6.45) is 8.67. The van der Waals surface area contributed by atoms with Gasteiger partial charge in [-0.05, 0) is 37.8 Å². The lowest BCUT2D eigenvalue weighted by atomic mass is 10.1. The first-order valence-electron chi connectivity index (χ1n) is 14.7. The third-order valence-corrected chi connectivity index (χ3v) is 6.82. The summed E-state index contributed by atoms with van der Waals surface area (Å²) < 4.78 is 5.37. The number of nitrogens with two attached hydrogens (primary N) is 1. The van der Waals surface area contributed by atoms with E-state index in [1.54, 1.807) is 12.1 Å². The van der Waals surface area contributed by atoms with E-state index in [0.29, 0.717) is 5.76 Å². The predicted molar refractivity (Wildman–Crippen MR) is 165 cm³/mol. The summed E-state index contributed by atoms with van der Waals surface area (Å²) in [5, 5.41) is 15.3. The molecule has 2 aromatic rings. The lowest BCUT2D eigenvalue weighted by Crippen LogP contribution is -2.57. The van der Waals surface area contributed by atoms with Crippen molar-refractivity contribution in [2.24, 2.45) is 5.73 Å². The van der Waals surface area contributed by atoms with Crippen LogP contribution in [-0.2, 0) is 35.2 Å². The van der Waals surface area contributed by atoms with Crippen LogP contribution in [0.4, 0.5) is 0 Å². The van der Waals surface area contributed by atoms with Crippen LogP contribution in [0.15, 0.2) is 66.2 Å². The molecular formula is C30H37N9O8. The van der Waals surface area contributed by atoms with Gasteiger partial charge in [-0.2, -0.15) is 0 Å². The van der Waals surface area contributed by atoms with Crippen molar-refractivity contribution in [1.82, 2.24) is 41.9 Å². The molecule has 47 heavy (non-hydrogen) atoms. The molecule has 0 saturated heterocycles. The van der Waals surface area contributed by atoms with Gasteiger partial charge in [0.2, 0.25) is 35.4 Å². The SMILES string of the molecule is C=CC[C@@H]1NC(=O)/C=C\C(=O)N[C@H](C(N)=O)CCNC(=O)[C@H](CCCNC(=O)c2cnccn2)NC(=O)[C@H](Cc2ccco2)NC1=O. The quantitative estimate of drug-likeness (QED) is 0.109. The van der Waals surface area contributed by atoms with Crippen molar-refractivity contribution in [2.45, 2.75) is 56.3 Å². The Labute approximate surface area is 269 Å². The highest BCUT2D eigenvalue weighted by Gasteiger charge is 2.30. The molecule has 0 radical (unpaired) electrons. The number of furan rings is 1. The summed E-state index contributed by atoms with van der Waals surface area (Å²) in [5.74, 6) is -4.72. The Balaban J connectivity index is 1.84. The lowest BCUT2D eigenvalue weighted by molar-refractivity contribution is -0.133. The van der Waals surface area contributed by atoms with E-state index in [1.807, 2.05) is 0 Å². The van der Waals surface area contributed by atoms with Crippen molar-refractivity contribution >= 4 is 41.4 Å². The van der Waals surface area contributed by atoms with E-state index < -0.39 is 65.5 Å². The molecule has 0 fully saturated rings. The first-order chi connectivity index (χ1) is 22.6. The largest absolute Gasteiger partial charge is 0.469 e. The second-order valence-corrected chi connectivity index (χ2v) is 10.4. The summed E-state index contributed by atoms with van der Waals surface area (Å²) in [6, 6.07) is -1.58. The molecule has 0 bridgehead atoms. The highest BCUT2D eigenvalue weighted by atomic mass is 16.3. The molecule has 1 aliphatic heterocycles. The van der Waals surface area contributed by atoms with E-state index >= 15 is 0 Å². The molecule has 0 unspecified atom stereocenters. The van der Waals surface area contributed by atoms with E-state index in [9.17, 15) is 33.6 Å². The molecule has 2 aromatic heterocycles. The Bertz CT molecular complexity index is 1460. The van der Waals surface area contributed by atoms with Crippen LogP contribution in [0.25, 0.3) is 0 Å². The van der Waals surface area contributed by atoms with Gasteiger partial charge in [0, 0.05) is 44.1 Å². The van der Waals surface area contributed by atoms with Gasteiger partial charge in [0.25, 0.3) is 5.91 Å². The number of hydrogen-bond donors (Lipinski definition) is 7. The fourth-order valence-corrected chi connectivity index (χ4v) is 4.41. The molecule has 3 rings (SSSR count). The summed E-state index contributed by atoms with van der Waals surface area (Å²) in [6.45, 7) is 3.59. The van der Waals surface area contributed by atoms with E-state index in [0.717, 1.165) is 12.2 Å². The molecule has 7 amide bonds. The number of nitrogens with zero attached hydrogens (tertiary/aromatic N) is 2. The van der Waals surface area contributed by atoms with Crippen molar-refractivity contribution in [3.63, 3.8) is 0 Å². The minimum absolute atomic E-state index is 0.0260. The Morgan fingerprint density at radius 1 is 0.979 bits per heavy atom. The van der Waals surface area contributed by atoms with Crippen LogP contribution in [0, 0.1) is 0 Å². The molecule has 0 aromatic carbocycles. The van der Waals surface area contributed by atoms with Crippen LogP contribution in [-0.4, -0.2) is 88.6 Å². The molecule has 3 heterocycles. The highest BCUT2D eigenvalue weighted by Crippen LogP contribution is 2.08.